The van der Waals surface area contributed by atoms with Crippen LogP contribution in [-0.4, -0.2) is 41.9 Å². The molecule has 0 aliphatic carbocycles. The number of hydrogen-bond donors (Lipinski definition) is 2. The van der Waals surface area contributed by atoms with Crippen molar-refractivity contribution in [2.45, 2.75) is 30.7 Å². The lowest BCUT2D eigenvalue weighted by molar-refractivity contribution is 0.274. The van der Waals surface area contributed by atoms with Crippen LogP contribution in [0.4, 0.5) is 0 Å². The lowest BCUT2D eigenvalue weighted by Gasteiger charge is -2.21. The molecule has 1 aromatic heterocycles. The quantitative estimate of drug-likeness (QED) is 0.286. The number of rotatable bonds is 8. The molecule has 7 nitrogen and oxygen atoms in total. The molecule has 1 unspecified atom stereocenters. The van der Waals surface area contributed by atoms with Gasteiger partial charge in [0.1, 0.15) is 0 Å². The van der Waals surface area contributed by atoms with Crippen LogP contribution in [0.5, 0.6) is 0 Å². The monoisotopic (exact) mass is 488 g/mol. The minimum atomic E-state index is -3.34. The van der Waals surface area contributed by atoms with Crippen LogP contribution >= 0.6 is 11.6 Å². The van der Waals surface area contributed by atoms with E-state index in [0.29, 0.717) is 16.3 Å². The van der Waals surface area contributed by atoms with Crippen molar-refractivity contribution in [2.24, 2.45) is 5.16 Å². The van der Waals surface area contributed by atoms with Crippen LogP contribution in [0.15, 0.2) is 75.6 Å². The number of benzene rings is 2. The first-order valence-corrected chi connectivity index (χ1v) is 12.5. The molecule has 0 saturated heterocycles. The maximum absolute atomic E-state index is 12.0. The van der Waals surface area contributed by atoms with E-state index in [1.165, 1.54) is 10.6 Å². The normalized spacial score (nSPS) is 13.2. The van der Waals surface area contributed by atoms with Gasteiger partial charge >= 0.3 is 0 Å². The van der Waals surface area contributed by atoms with Gasteiger partial charge in [-0.25, -0.2) is 8.42 Å². The third-order valence-electron chi connectivity index (χ3n) is 5.49. The number of aryl methyl sites for hydroxylation is 1. The number of sulfone groups is 1. The van der Waals surface area contributed by atoms with E-state index < -0.39 is 9.84 Å². The Kier molecular flexibility index (Phi) is 7.73. The summed E-state index contributed by atoms with van der Waals surface area (Å²) in [6, 6.07) is 15.1. The lowest BCUT2D eigenvalue weighted by Crippen LogP contribution is -2.22. The SMILES string of the molecule is Cc1cc(Cl)ccc1C(C/C(=N\O)c1ccc(=O)n(CCO)c1)c1ccc(S(C)(=O)=O)cc1. The molecule has 9 heteroatoms. The highest BCUT2D eigenvalue weighted by Gasteiger charge is 2.22. The van der Waals surface area contributed by atoms with Crippen molar-refractivity contribution < 1.29 is 18.7 Å². The average molecular weight is 489 g/mol. The van der Waals surface area contributed by atoms with Crippen LogP contribution in [0.1, 0.15) is 34.6 Å². The molecular weight excluding hydrogens is 464 g/mol. The van der Waals surface area contributed by atoms with Crippen molar-refractivity contribution in [1.29, 1.82) is 0 Å². The third-order valence-corrected chi connectivity index (χ3v) is 6.86. The molecule has 1 atom stereocenters. The summed E-state index contributed by atoms with van der Waals surface area (Å²) in [6.07, 6.45) is 2.97. The van der Waals surface area contributed by atoms with E-state index in [1.54, 1.807) is 42.6 Å². The van der Waals surface area contributed by atoms with E-state index in [1.807, 2.05) is 19.1 Å². The van der Waals surface area contributed by atoms with E-state index in [4.69, 9.17) is 11.6 Å². The second-order valence-corrected chi connectivity index (χ2v) is 10.3. The smallest absolute Gasteiger partial charge is 0.250 e. The molecule has 3 rings (SSSR count). The fraction of sp³-hybridized carbons (Fsp3) is 0.250. The Balaban J connectivity index is 2.08. The van der Waals surface area contributed by atoms with Crippen molar-refractivity contribution in [3.8, 4) is 0 Å². The summed E-state index contributed by atoms with van der Waals surface area (Å²) in [5.74, 6) is -0.278. The Morgan fingerprint density at radius 1 is 1.12 bits per heavy atom. The number of oxime groups is 1. The summed E-state index contributed by atoms with van der Waals surface area (Å²) in [5.41, 5.74) is 3.31. The Labute approximate surface area is 197 Å². The zero-order chi connectivity index (χ0) is 24.2. The Hall–Kier alpha value is -2.94. The van der Waals surface area contributed by atoms with Crippen molar-refractivity contribution in [3.05, 3.63) is 98.4 Å². The van der Waals surface area contributed by atoms with Gasteiger partial charge in [0.05, 0.1) is 17.2 Å². The van der Waals surface area contributed by atoms with Gasteiger partial charge in [0.2, 0.25) is 0 Å². The van der Waals surface area contributed by atoms with Gasteiger partial charge in [-0.1, -0.05) is 35.0 Å². The largest absolute Gasteiger partial charge is 0.411 e. The van der Waals surface area contributed by atoms with Crippen LogP contribution in [-0.2, 0) is 16.4 Å². The highest BCUT2D eigenvalue weighted by molar-refractivity contribution is 7.90. The molecule has 0 radical (unpaired) electrons. The first-order valence-electron chi connectivity index (χ1n) is 10.2. The predicted molar refractivity (Wildman–Crippen MR) is 128 cm³/mol. The molecule has 0 spiro atoms. The molecule has 0 bridgehead atoms. The third kappa shape index (κ3) is 5.90. The summed E-state index contributed by atoms with van der Waals surface area (Å²) in [7, 11) is -3.34. The molecule has 0 aliphatic heterocycles. The fourth-order valence-electron chi connectivity index (χ4n) is 3.78. The second kappa shape index (κ2) is 10.3. The summed E-state index contributed by atoms with van der Waals surface area (Å²) in [4.78, 5) is 12.2. The molecule has 3 aromatic rings. The van der Waals surface area contributed by atoms with Crippen molar-refractivity contribution in [3.63, 3.8) is 0 Å². The van der Waals surface area contributed by atoms with E-state index in [2.05, 4.69) is 5.16 Å². The van der Waals surface area contributed by atoms with E-state index in [-0.39, 0.29) is 35.9 Å². The molecule has 2 aromatic carbocycles. The summed E-state index contributed by atoms with van der Waals surface area (Å²) in [6.45, 7) is 1.85. The lowest BCUT2D eigenvalue weighted by atomic mass is 9.83. The highest BCUT2D eigenvalue weighted by Crippen LogP contribution is 2.33. The molecule has 0 fully saturated rings. The Morgan fingerprint density at radius 3 is 2.39 bits per heavy atom. The number of hydrogen-bond acceptors (Lipinski definition) is 6. The number of aliphatic hydroxyl groups excluding tert-OH is 1. The number of aliphatic hydroxyl groups is 1. The fourth-order valence-corrected chi connectivity index (χ4v) is 4.64. The average Bonchev–Trinajstić information content (AvgIpc) is 2.77. The molecule has 33 heavy (non-hydrogen) atoms. The second-order valence-electron chi connectivity index (χ2n) is 7.82. The topological polar surface area (TPSA) is 109 Å². The molecule has 174 valence electrons. The van der Waals surface area contributed by atoms with Crippen LogP contribution in [0, 0.1) is 6.92 Å². The van der Waals surface area contributed by atoms with Crippen LogP contribution in [0.25, 0.3) is 0 Å². The van der Waals surface area contributed by atoms with E-state index >= 15 is 0 Å². The first kappa shape index (κ1) is 24.7. The van der Waals surface area contributed by atoms with Gasteiger partial charge in [0.25, 0.3) is 5.56 Å². The molecule has 0 amide bonds. The zero-order valence-corrected chi connectivity index (χ0v) is 19.8. The molecule has 0 aliphatic rings. The predicted octanol–water partition coefficient (Wildman–Crippen LogP) is 3.61. The van der Waals surface area contributed by atoms with Gasteiger partial charge in [-0.2, -0.15) is 0 Å². The Morgan fingerprint density at radius 2 is 1.82 bits per heavy atom. The Bertz CT molecular complexity index is 1330. The van der Waals surface area contributed by atoms with Crippen molar-refractivity contribution >= 4 is 27.1 Å². The highest BCUT2D eigenvalue weighted by atomic mass is 35.5. The van der Waals surface area contributed by atoms with E-state index in [9.17, 15) is 23.5 Å². The van der Waals surface area contributed by atoms with Gasteiger partial charge in [-0.05, 0) is 53.9 Å². The number of nitrogens with zero attached hydrogens (tertiary/aromatic N) is 2. The van der Waals surface area contributed by atoms with Crippen LogP contribution < -0.4 is 5.56 Å². The molecule has 1 heterocycles. The number of aromatic nitrogens is 1. The number of pyridine rings is 1. The van der Waals surface area contributed by atoms with Gasteiger partial charge in [-0.15, -0.1) is 0 Å². The van der Waals surface area contributed by atoms with Gasteiger partial charge < -0.3 is 14.9 Å². The summed E-state index contributed by atoms with van der Waals surface area (Å²) >= 11 is 6.15. The standard InChI is InChI=1S/C24H25ClN2O5S/c1-16-13-19(25)6-9-21(16)22(17-3-7-20(8-4-17)33(2,31)32)14-23(26-30)18-5-10-24(29)27(15-18)11-12-28/h3-10,13,15,22,28,30H,11-12,14H2,1-2H3/b26-23+. The van der Waals surface area contributed by atoms with Gasteiger partial charge in [0, 0.05) is 48.0 Å². The maximum atomic E-state index is 12.0. The van der Waals surface area contributed by atoms with Crippen molar-refractivity contribution in [1.82, 2.24) is 4.57 Å². The maximum Gasteiger partial charge on any atom is 0.250 e. The van der Waals surface area contributed by atoms with E-state index in [0.717, 1.165) is 22.9 Å². The zero-order valence-electron chi connectivity index (χ0n) is 18.3. The summed E-state index contributed by atoms with van der Waals surface area (Å²) in [5, 5.41) is 23.1. The molecular formula is C24H25ClN2O5S. The van der Waals surface area contributed by atoms with Gasteiger partial charge in [0.15, 0.2) is 9.84 Å². The van der Waals surface area contributed by atoms with Gasteiger partial charge in [-0.3, -0.25) is 4.79 Å². The van der Waals surface area contributed by atoms with Crippen LogP contribution in [0.2, 0.25) is 5.02 Å². The minimum Gasteiger partial charge on any atom is -0.411 e. The number of halogens is 1. The molecule has 2 N–H and O–H groups in total. The van der Waals surface area contributed by atoms with Crippen molar-refractivity contribution in [2.75, 3.05) is 12.9 Å². The first-order chi connectivity index (χ1) is 15.6. The van der Waals surface area contributed by atoms with Crippen LogP contribution in [0.3, 0.4) is 0 Å². The molecule has 0 saturated carbocycles. The minimum absolute atomic E-state index is 0.123. The summed E-state index contributed by atoms with van der Waals surface area (Å²) < 4.78 is 25.1.